The molecule has 0 saturated heterocycles. The quantitative estimate of drug-likeness (QED) is 0.764. The highest BCUT2D eigenvalue weighted by Crippen LogP contribution is 2.37. The van der Waals surface area contributed by atoms with Gasteiger partial charge in [0.15, 0.2) is 0 Å². The molecule has 1 amide bonds. The number of carbonyl (C=O) groups excluding carboxylic acids is 1. The van der Waals surface area contributed by atoms with E-state index in [1.54, 1.807) is 18.4 Å². The second-order valence-electron chi connectivity index (χ2n) is 5.49. The molecule has 0 unspecified atom stereocenters. The molecule has 1 aliphatic heterocycles. The van der Waals surface area contributed by atoms with Crippen molar-refractivity contribution in [1.29, 1.82) is 0 Å². The molecule has 0 spiro atoms. The second-order valence-corrected chi connectivity index (χ2v) is 6.50. The molecule has 2 aromatic rings. The van der Waals surface area contributed by atoms with Crippen molar-refractivity contribution in [1.82, 2.24) is 4.90 Å². The number of methoxy groups -OCH3 is 1. The van der Waals surface area contributed by atoms with Crippen molar-refractivity contribution < 1.29 is 14.3 Å². The van der Waals surface area contributed by atoms with E-state index in [9.17, 15) is 4.79 Å². The number of amides is 1. The van der Waals surface area contributed by atoms with Gasteiger partial charge in [-0.3, -0.25) is 4.79 Å². The lowest BCUT2D eigenvalue weighted by Crippen LogP contribution is -2.42. The maximum absolute atomic E-state index is 12.6. The molecule has 0 radical (unpaired) electrons. The Kier molecular flexibility index (Phi) is 5.43. The van der Waals surface area contributed by atoms with Gasteiger partial charge in [0.2, 0.25) is 5.91 Å². The molecule has 0 N–H and O–H groups in total. The Morgan fingerprint density at radius 3 is 2.87 bits per heavy atom. The van der Waals surface area contributed by atoms with Crippen LogP contribution in [0.2, 0.25) is 0 Å². The second kappa shape index (κ2) is 7.73. The number of fused-ring (bicyclic) bond motifs is 1. The molecular formula is C18H21NO3S. The van der Waals surface area contributed by atoms with E-state index in [0.717, 1.165) is 18.5 Å². The van der Waals surface area contributed by atoms with Crippen LogP contribution >= 0.6 is 11.3 Å². The zero-order valence-corrected chi connectivity index (χ0v) is 14.1. The summed E-state index contributed by atoms with van der Waals surface area (Å²) in [5, 5.41) is 2.11. The van der Waals surface area contributed by atoms with Crippen LogP contribution in [0.4, 0.5) is 0 Å². The van der Waals surface area contributed by atoms with Crippen LogP contribution in [0.15, 0.2) is 41.8 Å². The van der Waals surface area contributed by atoms with Gasteiger partial charge in [0.1, 0.15) is 6.61 Å². The van der Waals surface area contributed by atoms with Gasteiger partial charge in [-0.15, -0.1) is 11.3 Å². The van der Waals surface area contributed by atoms with E-state index >= 15 is 0 Å². The summed E-state index contributed by atoms with van der Waals surface area (Å²) < 4.78 is 10.4. The van der Waals surface area contributed by atoms with Crippen LogP contribution < -0.4 is 0 Å². The molecule has 1 aromatic carbocycles. The molecule has 0 bridgehead atoms. The fourth-order valence-corrected chi connectivity index (χ4v) is 3.87. The molecule has 1 atom stereocenters. The largest absolute Gasteiger partial charge is 0.382 e. The highest BCUT2D eigenvalue weighted by molar-refractivity contribution is 7.10. The Labute approximate surface area is 140 Å². The lowest BCUT2D eigenvalue weighted by molar-refractivity contribution is -0.138. The number of ether oxygens (including phenoxy) is 2. The summed E-state index contributed by atoms with van der Waals surface area (Å²) in [5.41, 5.74) is 2.40. The SMILES string of the molecule is COCCOCC(=O)N1CCc2sccc2[C@H]1c1ccccc1. The van der Waals surface area contributed by atoms with E-state index in [1.165, 1.54) is 10.4 Å². The van der Waals surface area contributed by atoms with E-state index < -0.39 is 0 Å². The molecule has 0 fully saturated rings. The minimum Gasteiger partial charge on any atom is -0.382 e. The number of nitrogens with zero attached hydrogens (tertiary/aromatic N) is 1. The molecule has 5 heteroatoms. The van der Waals surface area contributed by atoms with Gasteiger partial charge in [0.05, 0.1) is 19.3 Å². The fraction of sp³-hybridized carbons (Fsp3) is 0.389. The highest BCUT2D eigenvalue weighted by atomic mass is 32.1. The summed E-state index contributed by atoms with van der Waals surface area (Å²) in [6, 6.07) is 12.3. The van der Waals surface area contributed by atoms with E-state index in [2.05, 4.69) is 23.6 Å². The number of hydrogen-bond donors (Lipinski definition) is 0. The summed E-state index contributed by atoms with van der Waals surface area (Å²) in [6.07, 6.45) is 0.917. The fourth-order valence-electron chi connectivity index (χ4n) is 2.96. The number of rotatable bonds is 6. The average Bonchev–Trinajstić information content (AvgIpc) is 3.07. The van der Waals surface area contributed by atoms with Gasteiger partial charge in [-0.25, -0.2) is 0 Å². The van der Waals surface area contributed by atoms with Crippen LogP contribution in [0, 0.1) is 0 Å². The standard InChI is InChI=1S/C18H21NO3S/c1-21-10-11-22-13-17(20)19-9-7-16-15(8-12-23-16)18(19)14-5-3-2-4-6-14/h2-6,8,12,18H,7,9-11,13H2,1H3/t18-/m1/s1. The molecule has 122 valence electrons. The first-order chi connectivity index (χ1) is 11.3. The normalized spacial score (nSPS) is 17.1. The summed E-state index contributed by atoms with van der Waals surface area (Å²) in [6.45, 7) is 1.78. The van der Waals surface area contributed by atoms with Crippen LogP contribution in [-0.2, 0) is 20.7 Å². The molecule has 4 nitrogen and oxygen atoms in total. The number of hydrogen-bond acceptors (Lipinski definition) is 4. The molecule has 3 rings (SSSR count). The molecule has 0 aliphatic carbocycles. The van der Waals surface area contributed by atoms with E-state index in [-0.39, 0.29) is 18.6 Å². The van der Waals surface area contributed by atoms with Gasteiger partial charge in [0, 0.05) is 18.5 Å². The number of benzene rings is 1. The maximum atomic E-state index is 12.6. The van der Waals surface area contributed by atoms with Crippen molar-refractivity contribution in [3.63, 3.8) is 0 Å². The van der Waals surface area contributed by atoms with Crippen molar-refractivity contribution in [2.75, 3.05) is 33.5 Å². The van der Waals surface area contributed by atoms with Crippen molar-refractivity contribution in [2.45, 2.75) is 12.5 Å². The third kappa shape index (κ3) is 3.63. The summed E-state index contributed by atoms with van der Waals surface area (Å²) >= 11 is 1.78. The molecule has 1 aromatic heterocycles. The Bertz CT molecular complexity index is 641. The average molecular weight is 331 g/mol. The van der Waals surface area contributed by atoms with Crippen LogP contribution in [0.3, 0.4) is 0 Å². The number of carbonyl (C=O) groups is 1. The maximum Gasteiger partial charge on any atom is 0.249 e. The summed E-state index contributed by atoms with van der Waals surface area (Å²) in [5.74, 6) is 0.0341. The minimum atomic E-state index is -0.00951. The Morgan fingerprint density at radius 2 is 2.09 bits per heavy atom. The topological polar surface area (TPSA) is 38.8 Å². The predicted molar refractivity (Wildman–Crippen MR) is 90.7 cm³/mol. The van der Waals surface area contributed by atoms with Crippen molar-refractivity contribution in [3.05, 3.63) is 57.8 Å². The van der Waals surface area contributed by atoms with Crippen LogP contribution in [-0.4, -0.2) is 44.3 Å². The first kappa shape index (κ1) is 16.2. The third-order valence-electron chi connectivity index (χ3n) is 4.06. The molecule has 23 heavy (non-hydrogen) atoms. The Balaban J connectivity index is 1.80. The first-order valence-corrected chi connectivity index (χ1v) is 8.66. The van der Waals surface area contributed by atoms with Crippen molar-refractivity contribution >= 4 is 17.2 Å². The van der Waals surface area contributed by atoms with E-state index in [1.807, 2.05) is 23.1 Å². The van der Waals surface area contributed by atoms with Gasteiger partial charge >= 0.3 is 0 Å². The molecule has 0 saturated carbocycles. The van der Waals surface area contributed by atoms with Gasteiger partial charge in [-0.05, 0) is 29.0 Å². The van der Waals surface area contributed by atoms with Gasteiger partial charge in [0.25, 0.3) is 0 Å². The summed E-state index contributed by atoms with van der Waals surface area (Å²) in [4.78, 5) is 16.0. The Hall–Kier alpha value is -1.69. The van der Waals surface area contributed by atoms with Gasteiger partial charge in [-0.1, -0.05) is 30.3 Å². The smallest absolute Gasteiger partial charge is 0.249 e. The van der Waals surface area contributed by atoms with Crippen molar-refractivity contribution in [2.24, 2.45) is 0 Å². The van der Waals surface area contributed by atoms with E-state index in [4.69, 9.17) is 9.47 Å². The molecule has 2 heterocycles. The van der Waals surface area contributed by atoms with Gasteiger partial charge in [-0.2, -0.15) is 0 Å². The monoisotopic (exact) mass is 331 g/mol. The lowest BCUT2D eigenvalue weighted by Gasteiger charge is -2.36. The molecular weight excluding hydrogens is 310 g/mol. The van der Waals surface area contributed by atoms with Crippen LogP contribution in [0.25, 0.3) is 0 Å². The minimum absolute atomic E-state index is 0.00951. The zero-order valence-electron chi connectivity index (χ0n) is 13.2. The molecule has 1 aliphatic rings. The van der Waals surface area contributed by atoms with E-state index in [0.29, 0.717) is 13.2 Å². The highest BCUT2D eigenvalue weighted by Gasteiger charge is 2.32. The predicted octanol–water partition coefficient (Wildman–Crippen LogP) is 2.89. The zero-order chi connectivity index (χ0) is 16.1. The lowest BCUT2D eigenvalue weighted by atomic mass is 9.93. The summed E-state index contributed by atoms with van der Waals surface area (Å²) in [7, 11) is 1.62. The van der Waals surface area contributed by atoms with Crippen LogP contribution in [0.1, 0.15) is 22.0 Å². The van der Waals surface area contributed by atoms with Crippen LogP contribution in [0.5, 0.6) is 0 Å². The number of thiophene rings is 1. The first-order valence-electron chi connectivity index (χ1n) is 7.78. The van der Waals surface area contributed by atoms with Gasteiger partial charge < -0.3 is 14.4 Å². The van der Waals surface area contributed by atoms with Crippen molar-refractivity contribution in [3.8, 4) is 0 Å². The Morgan fingerprint density at radius 1 is 1.26 bits per heavy atom. The third-order valence-corrected chi connectivity index (χ3v) is 5.06.